The number of nitrogens with zero attached hydrogens (tertiary/aromatic N) is 1. The molecule has 2 heterocycles. The van der Waals surface area contributed by atoms with Crippen LogP contribution in [0.5, 0.6) is 5.88 Å². The second-order valence-corrected chi connectivity index (χ2v) is 5.67. The smallest absolute Gasteiger partial charge is 0.215 e. The molecule has 102 valence electrons. The largest absolute Gasteiger partial charge is 0.494 e. The first-order chi connectivity index (χ1) is 10.2. The Labute approximate surface area is 128 Å². The number of ketones is 1. The predicted molar refractivity (Wildman–Crippen MR) is 84.6 cm³/mol. The van der Waals surface area contributed by atoms with Crippen molar-refractivity contribution in [1.29, 1.82) is 0 Å². The zero-order valence-corrected chi connectivity index (χ0v) is 12.3. The molecule has 0 atom stereocenters. The lowest BCUT2D eigenvalue weighted by Crippen LogP contribution is -2.11. The van der Waals surface area contributed by atoms with Crippen LogP contribution in [0, 0.1) is 0 Å². The van der Waals surface area contributed by atoms with E-state index in [0.717, 1.165) is 10.9 Å². The minimum absolute atomic E-state index is 0.0350. The van der Waals surface area contributed by atoms with Crippen molar-refractivity contribution in [2.75, 3.05) is 0 Å². The van der Waals surface area contributed by atoms with E-state index in [2.05, 4.69) is 25.9 Å². The van der Waals surface area contributed by atoms with Crippen molar-refractivity contribution < 1.29 is 9.90 Å². The Morgan fingerprint density at radius 1 is 1.05 bits per heavy atom. The summed E-state index contributed by atoms with van der Waals surface area (Å²) in [5.74, 6) is -0.218. The molecule has 1 aromatic heterocycles. The van der Waals surface area contributed by atoms with Crippen LogP contribution >= 0.6 is 15.9 Å². The van der Waals surface area contributed by atoms with E-state index < -0.39 is 0 Å². The molecule has 0 saturated carbocycles. The number of hydrogen-bond acceptors (Lipinski definition) is 3. The molecule has 4 rings (SSSR count). The van der Waals surface area contributed by atoms with Crippen LogP contribution in [-0.2, 0) is 0 Å². The number of carbonyl (C=O) groups is 1. The molecule has 4 nitrogen and oxygen atoms in total. The quantitative estimate of drug-likeness (QED) is 0.704. The first-order valence-electron chi connectivity index (χ1n) is 6.39. The maximum atomic E-state index is 12.6. The van der Waals surface area contributed by atoms with Crippen LogP contribution < -0.4 is 0 Å². The van der Waals surface area contributed by atoms with Gasteiger partial charge in [-0.15, -0.1) is 0 Å². The van der Waals surface area contributed by atoms with Crippen LogP contribution in [0.25, 0.3) is 10.9 Å². The van der Waals surface area contributed by atoms with Gasteiger partial charge in [0, 0.05) is 15.4 Å². The van der Waals surface area contributed by atoms with Gasteiger partial charge in [0.15, 0.2) is 5.88 Å². The summed E-state index contributed by atoms with van der Waals surface area (Å²) in [6.07, 6.45) is 0. The number of aromatic amines is 1. The Bertz CT molecular complexity index is 941. The second-order valence-electron chi connectivity index (χ2n) is 4.82. The molecule has 1 aliphatic heterocycles. The van der Waals surface area contributed by atoms with E-state index >= 15 is 0 Å². The first kappa shape index (κ1) is 12.3. The van der Waals surface area contributed by atoms with Crippen molar-refractivity contribution in [3.63, 3.8) is 0 Å². The van der Waals surface area contributed by atoms with Gasteiger partial charge in [-0.1, -0.05) is 24.3 Å². The second kappa shape index (κ2) is 4.30. The van der Waals surface area contributed by atoms with E-state index in [9.17, 15) is 9.90 Å². The number of Topliss-reactive ketones (excluding diaryl/α,β-unsaturated/α-hetero) is 1. The highest BCUT2D eigenvalue weighted by Crippen LogP contribution is 2.37. The van der Waals surface area contributed by atoms with E-state index in [1.807, 2.05) is 36.4 Å². The zero-order chi connectivity index (χ0) is 14.6. The van der Waals surface area contributed by atoms with Crippen LogP contribution in [0.1, 0.15) is 15.9 Å². The average Bonchev–Trinajstić information content (AvgIpc) is 2.96. The number of rotatable bonds is 1. The number of aromatic hydroxyl groups is 1. The number of para-hydroxylation sites is 1. The number of nitrogens with one attached hydrogen (secondary N) is 1. The van der Waals surface area contributed by atoms with Crippen molar-refractivity contribution in [1.82, 2.24) is 4.98 Å². The predicted octanol–water partition coefficient (Wildman–Crippen LogP) is 3.95. The number of H-pyrrole nitrogens is 1. The topological polar surface area (TPSA) is 65.4 Å². The molecule has 3 aromatic rings. The lowest BCUT2D eigenvalue weighted by Gasteiger charge is -2.00. The van der Waals surface area contributed by atoms with Gasteiger partial charge in [-0.2, -0.15) is 0 Å². The normalized spacial score (nSPS) is 13.6. The van der Waals surface area contributed by atoms with Crippen molar-refractivity contribution in [3.8, 4) is 5.88 Å². The minimum Gasteiger partial charge on any atom is -0.494 e. The summed E-state index contributed by atoms with van der Waals surface area (Å²) in [4.78, 5) is 19.9. The Morgan fingerprint density at radius 3 is 2.67 bits per heavy atom. The highest BCUT2D eigenvalue weighted by atomic mass is 79.9. The van der Waals surface area contributed by atoms with Crippen molar-refractivity contribution >= 4 is 44.0 Å². The summed E-state index contributed by atoms with van der Waals surface area (Å²) in [6.45, 7) is 0. The number of halogens is 1. The molecule has 0 radical (unpaired) electrons. The molecule has 0 bridgehead atoms. The van der Waals surface area contributed by atoms with Crippen LogP contribution in [-0.4, -0.2) is 21.6 Å². The fraction of sp³-hybridized carbons (Fsp3) is 0. The molecule has 0 amide bonds. The van der Waals surface area contributed by atoms with Gasteiger partial charge >= 0.3 is 0 Å². The van der Waals surface area contributed by atoms with Gasteiger partial charge in [-0.3, -0.25) is 4.79 Å². The van der Waals surface area contributed by atoms with Gasteiger partial charge in [0.25, 0.3) is 0 Å². The number of aliphatic imine (C=N–C) groups is 1. The Balaban J connectivity index is 1.98. The van der Waals surface area contributed by atoms with Gasteiger partial charge in [0.1, 0.15) is 5.71 Å². The maximum absolute atomic E-state index is 12.6. The summed E-state index contributed by atoms with van der Waals surface area (Å²) < 4.78 is 0.711. The maximum Gasteiger partial charge on any atom is 0.215 e. The molecule has 0 aliphatic carbocycles. The van der Waals surface area contributed by atoms with Crippen LogP contribution in [0.2, 0.25) is 0 Å². The van der Waals surface area contributed by atoms with Crippen LogP contribution in [0.3, 0.4) is 0 Å². The van der Waals surface area contributed by atoms with Gasteiger partial charge in [-0.05, 0) is 34.1 Å². The molecule has 0 unspecified atom stereocenters. The van der Waals surface area contributed by atoms with Crippen molar-refractivity contribution in [2.45, 2.75) is 0 Å². The number of benzene rings is 2. The Morgan fingerprint density at radius 2 is 1.86 bits per heavy atom. The first-order valence-corrected chi connectivity index (χ1v) is 7.18. The highest BCUT2D eigenvalue weighted by molar-refractivity contribution is 9.10. The number of carbonyl (C=O) groups excluding carboxylic acids is 1. The molecule has 2 aromatic carbocycles. The average molecular weight is 341 g/mol. The summed E-state index contributed by atoms with van der Waals surface area (Å²) >= 11 is 3.38. The molecular formula is C16H9BrN2O2. The van der Waals surface area contributed by atoms with Gasteiger partial charge in [-0.25, -0.2) is 4.99 Å². The SMILES string of the molecule is O=C1C(c2c(O)[nH]c3ccccc23)=Nc2cccc(Br)c21. The third-order valence-corrected chi connectivity index (χ3v) is 4.25. The monoisotopic (exact) mass is 340 g/mol. The Kier molecular flexibility index (Phi) is 2.53. The molecule has 2 N–H and O–H groups in total. The third kappa shape index (κ3) is 1.67. The van der Waals surface area contributed by atoms with E-state index in [0.29, 0.717) is 21.3 Å². The summed E-state index contributed by atoms with van der Waals surface area (Å²) in [5, 5.41) is 10.9. The summed E-state index contributed by atoms with van der Waals surface area (Å²) in [5.41, 5.74) is 2.66. The molecular weight excluding hydrogens is 332 g/mol. The molecule has 0 spiro atoms. The van der Waals surface area contributed by atoms with Gasteiger partial charge in [0.2, 0.25) is 5.78 Å². The molecule has 21 heavy (non-hydrogen) atoms. The number of fused-ring (bicyclic) bond motifs is 2. The summed E-state index contributed by atoms with van der Waals surface area (Å²) in [7, 11) is 0. The molecule has 5 heteroatoms. The standard InChI is InChI=1S/C16H9BrN2O2/c17-9-5-3-7-11-13(9)15(20)14(18-11)12-8-4-1-2-6-10(8)19-16(12)21/h1-7,19,21H. The van der Waals surface area contributed by atoms with Gasteiger partial charge < -0.3 is 10.1 Å². The number of aromatic nitrogens is 1. The van der Waals surface area contributed by atoms with Crippen LogP contribution in [0.4, 0.5) is 5.69 Å². The van der Waals surface area contributed by atoms with Crippen LogP contribution in [0.15, 0.2) is 51.9 Å². The third-order valence-electron chi connectivity index (χ3n) is 3.59. The van der Waals surface area contributed by atoms with E-state index in [1.165, 1.54) is 0 Å². The van der Waals surface area contributed by atoms with Crippen molar-refractivity contribution in [2.24, 2.45) is 4.99 Å². The molecule has 1 aliphatic rings. The lowest BCUT2D eigenvalue weighted by molar-refractivity contribution is 0.106. The highest BCUT2D eigenvalue weighted by Gasteiger charge is 2.31. The molecule has 0 saturated heterocycles. The Hall–Kier alpha value is -2.40. The van der Waals surface area contributed by atoms with E-state index in [4.69, 9.17) is 0 Å². The van der Waals surface area contributed by atoms with E-state index in [-0.39, 0.29) is 17.4 Å². The summed E-state index contributed by atoms with van der Waals surface area (Å²) in [6, 6.07) is 12.9. The fourth-order valence-electron chi connectivity index (χ4n) is 2.66. The number of hydrogen-bond donors (Lipinski definition) is 2. The fourth-order valence-corrected chi connectivity index (χ4v) is 3.19. The van der Waals surface area contributed by atoms with Crippen molar-refractivity contribution in [3.05, 3.63) is 58.1 Å². The van der Waals surface area contributed by atoms with E-state index in [1.54, 1.807) is 6.07 Å². The van der Waals surface area contributed by atoms with Gasteiger partial charge in [0.05, 0.1) is 16.8 Å². The molecule has 0 fully saturated rings. The zero-order valence-electron chi connectivity index (χ0n) is 10.7. The lowest BCUT2D eigenvalue weighted by atomic mass is 10.0. The minimum atomic E-state index is -0.183.